The predicted molar refractivity (Wildman–Crippen MR) is 76.2 cm³/mol. The van der Waals surface area contributed by atoms with Gasteiger partial charge in [-0.05, 0) is 58.0 Å². The molecule has 4 heteroatoms. The van der Waals surface area contributed by atoms with Gasteiger partial charge in [-0.25, -0.2) is 0 Å². The Bertz CT molecular complexity index is 379. The van der Waals surface area contributed by atoms with Gasteiger partial charge in [0.1, 0.15) is 0 Å². The zero-order valence-electron chi connectivity index (χ0n) is 11.5. The van der Waals surface area contributed by atoms with Crippen molar-refractivity contribution >= 4 is 11.6 Å². The summed E-state index contributed by atoms with van der Waals surface area (Å²) in [6, 6.07) is 0. The van der Waals surface area contributed by atoms with Crippen molar-refractivity contribution in [2.75, 3.05) is 13.1 Å². The molecule has 0 aromatic carbocycles. The molecule has 3 nitrogen and oxygen atoms in total. The minimum atomic E-state index is 0.754. The lowest BCUT2D eigenvalue weighted by molar-refractivity contribution is 0.449. The van der Waals surface area contributed by atoms with E-state index in [0.717, 1.165) is 49.1 Å². The minimum absolute atomic E-state index is 0.754. The van der Waals surface area contributed by atoms with Gasteiger partial charge in [0.05, 0.1) is 16.4 Å². The highest BCUT2D eigenvalue weighted by atomic mass is 35.5. The number of hydrogen-bond donors (Lipinski definition) is 1. The molecule has 1 saturated heterocycles. The van der Waals surface area contributed by atoms with Crippen molar-refractivity contribution in [2.24, 2.45) is 5.92 Å². The number of nitrogens with zero attached hydrogens (tertiary/aromatic N) is 2. The van der Waals surface area contributed by atoms with Crippen LogP contribution in [0.3, 0.4) is 0 Å². The van der Waals surface area contributed by atoms with E-state index in [1.54, 1.807) is 0 Å². The van der Waals surface area contributed by atoms with Crippen molar-refractivity contribution in [3.05, 3.63) is 16.4 Å². The van der Waals surface area contributed by atoms with E-state index in [2.05, 4.69) is 28.9 Å². The van der Waals surface area contributed by atoms with E-state index in [-0.39, 0.29) is 0 Å². The topological polar surface area (TPSA) is 29.9 Å². The number of rotatable bonds is 4. The van der Waals surface area contributed by atoms with Crippen LogP contribution < -0.4 is 5.32 Å². The molecular formula is C14H24ClN3. The van der Waals surface area contributed by atoms with Gasteiger partial charge in [-0.2, -0.15) is 5.10 Å². The van der Waals surface area contributed by atoms with Crippen molar-refractivity contribution < 1.29 is 0 Å². The van der Waals surface area contributed by atoms with Gasteiger partial charge < -0.3 is 5.32 Å². The molecule has 0 radical (unpaired) electrons. The molecule has 2 heterocycles. The predicted octanol–water partition coefficient (Wildman–Crippen LogP) is 3.05. The molecule has 1 aromatic heterocycles. The molecule has 0 amide bonds. The molecular weight excluding hydrogens is 246 g/mol. The van der Waals surface area contributed by atoms with E-state index < -0.39 is 0 Å². The molecule has 1 N–H and O–H groups in total. The fourth-order valence-electron chi connectivity index (χ4n) is 2.78. The highest BCUT2D eigenvalue weighted by Gasteiger charge is 2.19. The normalized spacial score (nSPS) is 20.9. The van der Waals surface area contributed by atoms with Crippen LogP contribution in [-0.2, 0) is 19.4 Å². The fraction of sp³-hybridized carbons (Fsp3) is 0.786. The quantitative estimate of drug-likeness (QED) is 0.911. The Labute approximate surface area is 115 Å². The Morgan fingerprint density at radius 1 is 1.33 bits per heavy atom. The van der Waals surface area contributed by atoms with Gasteiger partial charge in [-0.15, -0.1) is 0 Å². The summed E-state index contributed by atoms with van der Waals surface area (Å²) < 4.78 is 2.10. The molecule has 102 valence electrons. The van der Waals surface area contributed by atoms with Crippen LogP contribution in [0, 0.1) is 5.92 Å². The summed E-state index contributed by atoms with van der Waals surface area (Å²) in [5.41, 5.74) is 2.31. The Hall–Kier alpha value is -0.540. The molecule has 1 aliphatic heterocycles. The van der Waals surface area contributed by atoms with Gasteiger partial charge in [-0.1, -0.05) is 18.5 Å². The van der Waals surface area contributed by atoms with Crippen molar-refractivity contribution in [3.63, 3.8) is 0 Å². The first-order valence-corrected chi connectivity index (χ1v) is 7.58. The van der Waals surface area contributed by atoms with Gasteiger partial charge in [0.25, 0.3) is 0 Å². The van der Waals surface area contributed by atoms with Crippen molar-refractivity contribution in [2.45, 2.75) is 52.5 Å². The van der Waals surface area contributed by atoms with E-state index in [4.69, 9.17) is 11.6 Å². The van der Waals surface area contributed by atoms with Crippen LogP contribution in [0.25, 0.3) is 0 Å². The molecule has 18 heavy (non-hydrogen) atoms. The third kappa shape index (κ3) is 3.07. The highest BCUT2D eigenvalue weighted by Crippen LogP contribution is 2.27. The van der Waals surface area contributed by atoms with Crippen molar-refractivity contribution in [1.82, 2.24) is 15.1 Å². The van der Waals surface area contributed by atoms with Gasteiger partial charge in [0, 0.05) is 6.54 Å². The van der Waals surface area contributed by atoms with Crippen LogP contribution in [0.1, 0.15) is 44.5 Å². The highest BCUT2D eigenvalue weighted by molar-refractivity contribution is 6.31. The fourth-order valence-corrected chi connectivity index (χ4v) is 3.13. The number of aryl methyl sites for hydroxylation is 2. The molecule has 1 fully saturated rings. The average Bonchev–Trinajstić information content (AvgIpc) is 2.58. The standard InChI is InChI=1S/C14H24ClN3/c1-3-12-14(15)13(18(4-2)17-12)10-11-6-5-8-16-9-7-11/h11,16H,3-10H2,1-2H3. The first-order valence-electron chi connectivity index (χ1n) is 7.21. The van der Waals surface area contributed by atoms with Gasteiger partial charge >= 0.3 is 0 Å². The van der Waals surface area contributed by atoms with E-state index >= 15 is 0 Å². The number of hydrogen-bond acceptors (Lipinski definition) is 2. The molecule has 0 bridgehead atoms. The molecule has 1 aromatic rings. The monoisotopic (exact) mass is 269 g/mol. The largest absolute Gasteiger partial charge is 0.317 e. The summed E-state index contributed by atoms with van der Waals surface area (Å²) in [6.07, 6.45) is 5.85. The van der Waals surface area contributed by atoms with Crippen LogP contribution in [-0.4, -0.2) is 22.9 Å². The Morgan fingerprint density at radius 2 is 2.17 bits per heavy atom. The lowest BCUT2D eigenvalue weighted by Gasteiger charge is -2.14. The van der Waals surface area contributed by atoms with Crippen molar-refractivity contribution in [3.8, 4) is 0 Å². The average molecular weight is 270 g/mol. The van der Waals surface area contributed by atoms with E-state index in [1.807, 2.05) is 0 Å². The lowest BCUT2D eigenvalue weighted by atomic mass is 9.95. The smallest absolute Gasteiger partial charge is 0.0849 e. The first-order chi connectivity index (χ1) is 8.76. The maximum absolute atomic E-state index is 6.47. The minimum Gasteiger partial charge on any atom is -0.317 e. The summed E-state index contributed by atoms with van der Waals surface area (Å²) in [5.74, 6) is 0.754. The summed E-state index contributed by atoms with van der Waals surface area (Å²) >= 11 is 6.47. The molecule has 0 aliphatic carbocycles. The van der Waals surface area contributed by atoms with Crippen LogP contribution in [0.15, 0.2) is 0 Å². The van der Waals surface area contributed by atoms with Crippen LogP contribution in [0.2, 0.25) is 5.02 Å². The Morgan fingerprint density at radius 3 is 2.89 bits per heavy atom. The number of nitrogens with one attached hydrogen (secondary N) is 1. The Balaban J connectivity index is 2.13. The van der Waals surface area contributed by atoms with Gasteiger partial charge in [-0.3, -0.25) is 4.68 Å². The first kappa shape index (κ1) is 13.9. The zero-order chi connectivity index (χ0) is 13.0. The number of aromatic nitrogens is 2. The van der Waals surface area contributed by atoms with E-state index in [9.17, 15) is 0 Å². The molecule has 1 aliphatic rings. The second-order valence-corrected chi connectivity index (χ2v) is 5.51. The maximum Gasteiger partial charge on any atom is 0.0849 e. The molecule has 0 saturated carbocycles. The Kier molecular flexibility index (Phi) is 5.07. The van der Waals surface area contributed by atoms with Crippen molar-refractivity contribution in [1.29, 1.82) is 0 Å². The zero-order valence-corrected chi connectivity index (χ0v) is 12.3. The SMILES string of the molecule is CCc1nn(CC)c(CC2CCCNCC2)c1Cl. The molecule has 0 spiro atoms. The summed E-state index contributed by atoms with van der Waals surface area (Å²) in [6.45, 7) is 7.48. The summed E-state index contributed by atoms with van der Waals surface area (Å²) in [7, 11) is 0. The van der Waals surface area contributed by atoms with Crippen LogP contribution in [0.4, 0.5) is 0 Å². The second kappa shape index (κ2) is 6.58. The second-order valence-electron chi connectivity index (χ2n) is 5.13. The molecule has 1 unspecified atom stereocenters. The van der Waals surface area contributed by atoms with Gasteiger partial charge in [0.2, 0.25) is 0 Å². The van der Waals surface area contributed by atoms with Crippen LogP contribution >= 0.6 is 11.6 Å². The van der Waals surface area contributed by atoms with Crippen LogP contribution in [0.5, 0.6) is 0 Å². The van der Waals surface area contributed by atoms with E-state index in [0.29, 0.717) is 0 Å². The maximum atomic E-state index is 6.47. The molecule has 2 rings (SSSR count). The lowest BCUT2D eigenvalue weighted by Crippen LogP contribution is -2.15. The molecule has 1 atom stereocenters. The number of halogens is 1. The third-order valence-corrected chi connectivity index (χ3v) is 4.31. The van der Waals surface area contributed by atoms with E-state index in [1.165, 1.54) is 25.0 Å². The summed E-state index contributed by atoms with van der Waals surface area (Å²) in [5, 5.41) is 8.99. The summed E-state index contributed by atoms with van der Waals surface area (Å²) in [4.78, 5) is 0. The van der Waals surface area contributed by atoms with Gasteiger partial charge in [0.15, 0.2) is 0 Å². The third-order valence-electron chi connectivity index (χ3n) is 3.87.